The van der Waals surface area contributed by atoms with Gasteiger partial charge in [0.2, 0.25) is 10.0 Å². The van der Waals surface area contributed by atoms with Gasteiger partial charge < -0.3 is 10.0 Å². The third-order valence-corrected chi connectivity index (χ3v) is 6.17. The summed E-state index contributed by atoms with van der Waals surface area (Å²) in [5.41, 5.74) is 1.20. The first-order valence-corrected chi connectivity index (χ1v) is 10.6. The monoisotopic (exact) mass is 453 g/mol. The van der Waals surface area contributed by atoms with Crippen LogP contribution in [-0.4, -0.2) is 30.0 Å². The summed E-state index contributed by atoms with van der Waals surface area (Å²) in [7, 11) is -3.65. The van der Waals surface area contributed by atoms with Crippen LogP contribution in [0.2, 0.25) is 0 Å². The molecule has 10 heteroatoms. The number of halogens is 1. The van der Waals surface area contributed by atoms with Gasteiger partial charge in [-0.1, -0.05) is 17.9 Å². The van der Waals surface area contributed by atoms with Gasteiger partial charge in [0.1, 0.15) is 5.82 Å². The molecule has 0 aliphatic carbocycles. The first kappa shape index (κ1) is 23.1. The minimum atomic E-state index is -3.65. The van der Waals surface area contributed by atoms with Crippen LogP contribution in [0.5, 0.6) is 5.75 Å². The number of fused-ring (bicyclic) bond motifs is 2. The van der Waals surface area contributed by atoms with Crippen LogP contribution < -0.4 is 61.2 Å². The molecule has 7 nitrogen and oxygen atoms in total. The molecular formula is C20H17FKN3O4S. The van der Waals surface area contributed by atoms with E-state index in [2.05, 4.69) is 9.71 Å². The molecule has 0 bridgehead atoms. The smallest absolute Gasteiger partial charge is 0.870 e. The van der Waals surface area contributed by atoms with Gasteiger partial charge in [-0.15, -0.1) is 0 Å². The van der Waals surface area contributed by atoms with E-state index in [1.165, 1.54) is 30.2 Å². The molecule has 1 aliphatic rings. The third kappa shape index (κ3) is 4.25. The summed E-state index contributed by atoms with van der Waals surface area (Å²) < 4.78 is 40.1. The summed E-state index contributed by atoms with van der Waals surface area (Å²) in [6, 6.07) is 8.91. The van der Waals surface area contributed by atoms with Gasteiger partial charge in [-0.05, 0) is 36.8 Å². The molecule has 0 fully saturated rings. The summed E-state index contributed by atoms with van der Waals surface area (Å²) in [5.74, 6) is -1.57. The van der Waals surface area contributed by atoms with Gasteiger partial charge in [-0.3, -0.25) is 14.5 Å². The number of aromatic nitrogens is 1. The number of benzene rings is 2. The summed E-state index contributed by atoms with van der Waals surface area (Å²) in [4.78, 5) is 18.5. The molecule has 2 aromatic carbocycles. The molecule has 1 N–H and O–H groups in total. The van der Waals surface area contributed by atoms with E-state index in [4.69, 9.17) is 0 Å². The molecule has 0 saturated heterocycles. The van der Waals surface area contributed by atoms with E-state index in [1.54, 1.807) is 24.3 Å². The Balaban J connectivity index is 0.00000256. The van der Waals surface area contributed by atoms with Crippen molar-refractivity contribution in [3.05, 3.63) is 65.1 Å². The molecule has 2 heterocycles. The molecule has 30 heavy (non-hydrogen) atoms. The quantitative estimate of drug-likeness (QED) is 0.519. The Morgan fingerprint density at radius 3 is 2.60 bits per heavy atom. The molecule has 0 radical (unpaired) electrons. The predicted octanol–water partition coefficient (Wildman–Crippen LogP) is -0.631. The molecular weight excluding hydrogens is 436 g/mol. The van der Waals surface area contributed by atoms with Crippen molar-refractivity contribution < 1.29 is 74.1 Å². The van der Waals surface area contributed by atoms with Gasteiger partial charge in [0.15, 0.2) is 0 Å². The zero-order valence-corrected chi connectivity index (χ0v) is 20.4. The minimum absolute atomic E-state index is 0. The number of amides is 1. The first-order valence-electron chi connectivity index (χ1n) is 8.95. The van der Waals surface area contributed by atoms with Crippen molar-refractivity contribution in [2.24, 2.45) is 0 Å². The van der Waals surface area contributed by atoms with Crippen molar-refractivity contribution >= 4 is 32.5 Å². The Morgan fingerprint density at radius 1 is 1.23 bits per heavy atom. The van der Waals surface area contributed by atoms with E-state index in [-0.39, 0.29) is 92.8 Å². The van der Waals surface area contributed by atoms with Gasteiger partial charge in [-0.2, -0.15) is 0 Å². The summed E-state index contributed by atoms with van der Waals surface area (Å²) >= 11 is 0. The number of rotatable bonds is 5. The predicted molar refractivity (Wildman–Crippen MR) is 104 cm³/mol. The average molecular weight is 454 g/mol. The van der Waals surface area contributed by atoms with Crippen LogP contribution in [0.15, 0.2) is 42.6 Å². The van der Waals surface area contributed by atoms with Crippen molar-refractivity contribution in [1.82, 2.24) is 9.88 Å². The maximum Gasteiger partial charge on any atom is 1.00 e. The number of hydrogen-bond donors (Lipinski definition) is 1. The zero-order chi connectivity index (χ0) is 20.8. The standard InChI is InChI=1S/C20H18FN3O4S.K/c1-2-29(27,28)23-17-14-4-3-9-22-18(14)19(25)16-15(17)11-24(20(16)26)10-12-5-7-13(21)8-6-12;/h3-9,23,25H,2,10-11H2,1H3;/q;+1/p-1. The van der Waals surface area contributed by atoms with E-state index in [1.807, 2.05) is 0 Å². The maximum absolute atomic E-state index is 13.2. The Morgan fingerprint density at radius 2 is 1.93 bits per heavy atom. The second-order valence-electron chi connectivity index (χ2n) is 6.75. The molecule has 1 aromatic heterocycles. The first-order chi connectivity index (χ1) is 13.8. The second-order valence-corrected chi connectivity index (χ2v) is 8.76. The fourth-order valence-electron chi connectivity index (χ4n) is 3.42. The SMILES string of the molecule is CCS(=O)(=O)Nc1c2c(c([O-])c3ncccc13)C(=O)N(Cc1ccc(F)cc1)C2.[K+]. The number of carbonyl (C=O) groups excluding carboxylic acids is 1. The molecule has 3 aromatic rings. The van der Waals surface area contributed by atoms with Crippen molar-refractivity contribution in [2.75, 3.05) is 10.5 Å². The molecule has 0 spiro atoms. The summed E-state index contributed by atoms with van der Waals surface area (Å²) in [6.45, 7) is 1.72. The van der Waals surface area contributed by atoms with Gasteiger partial charge in [0, 0.05) is 35.8 Å². The molecule has 0 atom stereocenters. The van der Waals surface area contributed by atoms with Crippen LogP contribution in [0.4, 0.5) is 10.1 Å². The van der Waals surface area contributed by atoms with Crippen LogP contribution >= 0.6 is 0 Å². The largest absolute Gasteiger partial charge is 1.00 e. The molecule has 150 valence electrons. The Bertz CT molecular complexity index is 1230. The van der Waals surface area contributed by atoms with Crippen molar-refractivity contribution in [1.29, 1.82) is 0 Å². The maximum atomic E-state index is 13.2. The van der Waals surface area contributed by atoms with E-state index < -0.39 is 21.7 Å². The molecule has 1 aliphatic heterocycles. The van der Waals surface area contributed by atoms with Gasteiger partial charge >= 0.3 is 51.4 Å². The molecule has 4 rings (SSSR count). The number of carbonyl (C=O) groups is 1. The van der Waals surface area contributed by atoms with Gasteiger partial charge in [0.05, 0.1) is 17.0 Å². The molecule has 1 amide bonds. The molecule has 0 saturated carbocycles. The van der Waals surface area contributed by atoms with Crippen LogP contribution in [0.1, 0.15) is 28.4 Å². The van der Waals surface area contributed by atoms with Gasteiger partial charge in [-0.25, -0.2) is 12.8 Å². The van der Waals surface area contributed by atoms with E-state index in [9.17, 15) is 22.7 Å². The number of nitrogens with one attached hydrogen (secondary N) is 1. The molecule has 0 unspecified atom stereocenters. The fraction of sp³-hybridized carbons (Fsp3) is 0.200. The Kier molecular flexibility index (Phi) is 6.85. The van der Waals surface area contributed by atoms with Crippen LogP contribution in [0, 0.1) is 5.82 Å². The average Bonchev–Trinajstić information content (AvgIpc) is 3.03. The summed E-state index contributed by atoms with van der Waals surface area (Å²) in [5, 5.41) is 13.3. The fourth-order valence-corrected chi connectivity index (χ4v) is 4.11. The summed E-state index contributed by atoms with van der Waals surface area (Å²) in [6.07, 6.45) is 1.42. The van der Waals surface area contributed by atoms with Crippen LogP contribution in [0.25, 0.3) is 10.9 Å². The van der Waals surface area contributed by atoms with Crippen molar-refractivity contribution in [3.63, 3.8) is 0 Å². The normalized spacial score (nSPS) is 13.3. The number of nitrogens with zero attached hydrogens (tertiary/aromatic N) is 2. The van der Waals surface area contributed by atoms with Crippen LogP contribution in [0.3, 0.4) is 0 Å². The van der Waals surface area contributed by atoms with Crippen LogP contribution in [-0.2, 0) is 23.1 Å². The van der Waals surface area contributed by atoms with Crippen molar-refractivity contribution in [2.45, 2.75) is 20.0 Å². The van der Waals surface area contributed by atoms with E-state index in [0.717, 1.165) is 0 Å². The Hall–Kier alpha value is -1.56. The zero-order valence-electron chi connectivity index (χ0n) is 16.5. The number of sulfonamides is 1. The number of hydrogen-bond acceptors (Lipinski definition) is 5. The minimum Gasteiger partial charge on any atom is -0.870 e. The van der Waals surface area contributed by atoms with E-state index in [0.29, 0.717) is 16.5 Å². The van der Waals surface area contributed by atoms with Gasteiger partial charge in [0.25, 0.3) is 5.91 Å². The van der Waals surface area contributed by atoms with Crippen molar-refractivity contribution in [3.8, 4) is 5.75 Å². The second kappa shape index (κ2) is 8.89. The number of pyridine rings is 1. The topological polar surface area (TPSA) is 102 Å². The number of anilines is 1. The third-order valence-electron chi connectivity index (χ3n) is 4.90. The Labute approximate surface area is 215 Å². The van der Waals surface area contributed by atoms with E-state index >= 15 is 0 Å².